The van der Waals surface area contributed by atoms with Crippen LogP contribution in [0.1, 0.15) is 28.5 Å². The molecule has 4 nitrogen and oxygen atoms in total. The molecule has 0 unspecified atom stereocenters. The van der Waals surface area contributed by atoms with Crippen molar-refractivity contribution in [1.82, 2.24) is 4.98 Å². The van der Waals surface area contributed by atoms with Crippen LogP contribution in [0.2, 0.25) is 0 Å². The lowest BCUT2D eigenvalue weighted by molar-refractivity contribution is 0.102. The van der Waals surface area contributed by atoms with Crippen LogP contribution in [-0.4, -0.2) is 10.9 Å². The number of anilines is 1. The molecule has 0 bridgehead atoms. The van der Waals surface area contributed by atoms with Crippen molar-refractivity contribution in [2.45, 2.75) is 19.9 Å². The van der Waals surface area contributed by atoms with Crippen LogP contribution in [0.25, 0.3) is 0 Å². The molecule has 0 saturated carbocycles. The van der Waals surface area contributed by atoms with Gasteiger partial charge in [-0.3, -0.25) is 9.78 Å². The van der Waals surface area contributed by atoms with E-state index in [1.54, 1.807) is 12.3 Å². The maximum atomic E-state index is 12.0. The predicted molar refractivity (Wildman–Crippen MR) is 75.9 cm³/mol. The third kappa shape index (κ3) is 3.39. The van der Waals surface area contributed by atoms with E-state index in [4.69, 9.17) is 5.73 Å². The Kier molecular flexibility index (Phi) is 4.26. The topological polar surface area (TPSA) is 68.0 Å². The number of aryl methyl sites for hydroxylation is 1. The summed E-state index contributed by atoms with van der Waals surface area (Å²) in [6.45, 7) is 2.50. The van der Waals surface area contributed by atoms with E-state index in [1.165, 1.54) is 5.56 Å². The molecule has 0 spiro atoms. The highest BCUT2D eigenvalue weighted by atomic mass is 16.1. The maximum absolute atomic E-state index is 12.0. The van der Waals surface area contributed by atoms with E-state index in [0.29, 0.717) is 12.2 Å². The van der Waals surface area contributed by atoms with Crippen molar-refractivity contribution in [2.24, 2.45) is 5.73 Å². The minimum absolute atomic E-state index is 0.211. The number of nitrogens with one attached hydrogen (secondary N) is 1. The van der Waals surface area contributed by atoms with Crippen LogP contribution in [0.3, 0.4) is 0 Å². The van der Waals surface area contributed by atoms with Gasteiger partial charge in [-0.25, -0.2) is 0 Å². The van der Waals surface area contributed by atoms with Gasteiger partial charge in [-0.1, -0.05) is 25.1 Å². The maximum Gasteiger partial charge on any atom is 0.274 e. The molecule has 3 N–H and O–H groups in total. The molecule has 0 aliphatic carbocycles. The van der Waals surface area contributed by atoms with Gasteiger partial charge >= 0.3 is 0 Å². The summed E-state index contributed by atoms with van der Waals surface area (Å²) in [5.41, 5.74) is 8.76. The van der Waals surface area contributed by atoms with Crippen molar-refractivity contribution in [3.8, 4) is 0 Å². The number of carbonyl (C=O) groups is 1. The van der Waals surface area contributed by atoms with Gasteiger partial charge in [-0.05, 0) is 35.7 Å². The van der Waals surface area contributed by atoms with E-state index >= 15 is 0 Å². The fraction of sp³-hybridized carbons (Fsp3) is 0.200. The number of aromatic nitrogens is 1. The molecule has 2 rings (SSSR count). The van der Waals surface area contributed by atoms with Gasteiger partial charge in [0, 0.05) is 18.4 Å². The zero-order valence-corrected chi connectivity index (χ0v) is 10.9. The molecule has 0 aliphatic rings. The molecule has 0 fully saturated rings. The van der Waals surface area contributed by atoms with Crippen LogP contribution >= 0.6 is 0 Å². The van der Waals surface area contributed by atoms with Crippen LogP contribution in [0.5, 0.6) is 0 Å². The van der Waals surface area contributed by atoms with Crippen LogP contribution < -0.4 is 11.1 Å². The van der Waals surface area contributed by atoms with E-state index in [1.807, 2.05) is 30.3 Å². The van der Waals surface area contributed by atoms with Crippen LogP contribution in [0.4, 0.5) is 5.69 Å². The van der Waals surface area contributed by atoms with E-state index in [0.717, 1.165) is 17.7 Å². The fourth-order valence-corrected chi connectivity index (χ4v) is 1.74. The van der Waals surface area contributed by atoms with Gasteiger partial charge in [-0.15, -0.1) is 0 Å². The minimum atomic E-state index is -0.211. The number of carbonyl (C=O) groups excluding carboxylic acids is 1. The van der Waals surface area contributed by atoms with Gasteiger partial charge in [0.25, 0.3) is 5.91 Å². The summed E-state index contributed by atoms with van der Waals surface area (Å²) in [6.07, 6.45) is 2.56. The third-order valence-electron chi connectivity index (χ3n) is 2.89. The molecule has 0 atom stereocenters. The molecule has 19 heavy (non-hydrogen) atoms. The van der Waals surface area contributed by atoms with Gasteiger partial charge in [0.1, 0.15) is 5.69 Å². The summed E-state index contributed by atoms with van der Waals surface area (Å²) in [4.78, 5) is 16.1. The van der Waals surface area contributed by atoms with E-state index in [-0.39, 0.29) is 5.91 Å². The summed E-state index contributed by atoms with van der Waals surface area (Å²) in [5.74, 6) is -0.211. The number of amides is 1. The zero-order valence-electron chi connectivity index (χ0n) is 10.9. The highest BCUT2D eigenvalue weighted by Crippen LogP contribution is 2.12. The summed E-state index contributed by atoms with van der Waals surface area (Å²) >= 11 is 0. The Morgan fingerprint density at radius 3 is 2.74 bits per heavy atom. The highest BCUT2D eigenvalue weighted by molar-refractivity contribution is 6.02. The van der Waals surface area contributed by atoms with Crippen LogP contribution in [0, 0.1) is 0 Å². The van der Waals surface area contributed by atoms with Crippen molar-refractivity contribution in [2.75, 3.05) is 5.32 Å². The second-order valence-electron chi connectivity index (χ2n) is 4.26. The first kappa shape index (κ1) is 13.2. The van der Waals surface area contributed by atoms with Crippen LogP contribution in [-0.2, 0) is 13.0 Å². The number of hydrogen-bond donors (Lipinski definition) is 2. The Balaban J connectivity index is 2.11. The number of benzene rings is 1. The molecule has 98 valence electrons. The second-order valence-corrected chi connectivity index (χ2v) is 4.26. The number of pyridine rings is 1. The predicted octanol–water partition coefficient (Wildman–Crippen LogP) is 2.35. The average molecular weight is 255 g/mol. The summed E-state index contributed by atoms with van der Waals surface area (Å²) < 4.78 is 0. The molecule has 0 saturated heterocycles. The van der Waals surface area contributed by atoms with Crippen LogP contribution in [0.15, 0.2) is 42.6 Å². The Bertz CT molecular complexity index is 564. The Hall–Kier alpha value is -2.20. The number of nitrogens with zero attached hydrogens (tertiary/aromatic N) is 1. The fourth-order valence-electron chi connectivity index (χ4n) is 1.74. The summed E-state index contributed by atoms with van der Waals surface area (Å²) in [5, 5.41) is 2.84. The molecular formula is C15H17N3O. The number of rotatable bonds is 4. The lowest BCUT2D eigenvalue weighted by atomic mass is 10.1. The number of nitrogens with two attached hydrogens (primary N) is 1. The zero-order chi connectivity index (χ0) is 13.7. The number of hydrogen-bond acceptors (Lipinski definition) is 3. The monoisotopic (exact) mass is 255 g/mol. The van der Waals surface area contributed by atoms with E-state index in [2.05, 4.69) is 17.2 Å². The molecular weight excluding hydrogens is 238 g/mol. The normalized spacial score (nSPS) is 10.2. The third-order valence-corrected chi connectivity index (χ3v) is 2.89. The van der Waals surface area contributed by atoms with Crippen molar-refractivity contribution < 1.29 is 4.79 Å². The second kappa shape index (κ2) is 6.11. The first-order valence-corrected chi connectivity index (χ1v) is 6.28. The van der Waals surface area contributed by atoms with E-state index < -0.39 is 0 Å². The molecule has 2 aromatic rings. The quantitative estimate of drug-likeness (QED) is 0.881. The lowest BCUT2D eigenvalue weighted by Gasteiger charge is -2.06. The molecule has 1 aromatic heterocycles. The lowest BCUT2D eigenvalue weighted by Crippen LogP contribution is -2.14. The largest absolute Gasteiger partial charge is 0.326 e. The molecule has 0 radical (unpaired) electrons. The molecule has 4 heteroatoms. The standard InChI is InChI=1S/C15H17N3O/c1-2-11-4-3-5-13(8-11)18-15(19)14-7-6-12(9-16)10-17-14/h3-8,10H,2,9,16H2,1H3,(H,18,19). The Labute approximate surface area is 112 Å². The van der Waals surface area contributed by atoms with Crippen molar-refractivity contribution in [3.05, 3.63) is 59.4 Å². The van der Waals surface area contributed by atoms with Crippen molar-refractivity contribution in [1.29, 1.82) is 0 Å². The van der Waals surface area contributed by atoms with Crippen molar-refractivity contribution in [3.63, 3.8) is 0 Å². The van der Waals surface area contributed by atoms with Gasteiger partial charge in [0.05, 0.1) is 0 Å². The molecule has 1 heterocycles. The first-order chi connectivity index (χ1) is 9.22. The molecule has 0 aliphatic heterocycles. The van der Waals surface area contributed by atoms with Gasteiger partial charge in [0.15, 0.2) is 0 Å². The molecule has 1 amide bonds. The highest BCUT2D eigenvalue weighted by Gasteiger charge is 2.07. The summed E-state index contributed by atoms with van der Waals surface area (Å²) in [7, 11) is 0. The SMILES string of the molecule is CCc1cccc(NC(=O)c2ccc(CN)cn2)c1. The minimum Gasteiger partial charge on any atom is -0.326 e. The first-order valence-electron chi connectivity index (χ1n) is 6.28. The summed E-state index contributed by atoms with van der Waals surface area (Å²) in [6, 6.07) is 11.3. The average Bonchev–Trinajstić information content (AvgIpc) is 2.47. The van der Waals surface area contributed by atoms with Gasteiger partial charge < -0.3 is 11.1 Å². The Morgan fingerprint density at radius 2 is 2.11 bits per heavy atom. The van der Waals surface area contributed by atoms with Gasteiger partial charge in [0.2, 0.25) is 0 Å². The Morgan fingerprint density at radius 1 is 1.26 bits per heavy atom. The van der Waals surface area contributed by atoms with Crippen molar-refractivity contribution >= 4 is 11.6 Å². The molecule has 1 aromatic carbocycles. The van der Waals surface area contributed by atoms with Gasteiger partial charge in [-0.2, -0.15) is 0 Å². The smallest absolute Gasteiger partial charge is 0.274 e. The van der Waals surface area contributed by atoms with E-state index in [9.17, 15) is 4.79 Å².